The average Bonchev–Trinajstić information content (AvgIpc) is 2.78. The van der Waals surface area contributed by atoms with Crippen molar-refractivity contribution in [1.29, 1.82) is 0 Å². The maximum atomic E-state index is 12.5. The van der Waals surface area contributed by atoms with Gasteiger partial charge in [0.05, 0.1) is 10.8 Å². The molecule has 0 aromatic heterocycles. The molecule has 7 heteroatoms. The van der Waals surface area contributed by atoms with Gasteiger partial charge in [0, 0.05) is 17.6 Å². The summed E-state index contributed by atoms with van der Waals surface area (Å²) in [6, 6.07) is 4.95. The van der Waals surface area contributed by atoms with Crippen molar-refractivity contribution in [3.05, 3.63) is 28.2 Å². The monoisotopic (exact) mass is 347 g/mol. The summed E-state index contributed by atoms with van der Waals surface area (Å²) in [7, 11) is -3.60. The van der Waals surface area contributed by atoms with E-state index in [9.17, 15) is 13.2 Å². The summed E-state index contributed by atoms with van der Waals surface area (Å²) in [5, 5.41) is 8.93. The van der Waals surface area contributed by atoms with E-state index >= 15 is 0 Å². The molecule has 1 aliphatic rings. The molecule has 1 aromatic rings. The molecule has 0 radical (unpaired) electrons. The van der Waals surface area contributed by atoms with Crippen LogP contribution in [-0.4, -0.2) is 36.9 Å². The lowest BCUT2D eigenvalue weighted by atomic mass is 10.1. The van der Waals surface area contributed by atoms with Crippen LogP contribution in [0.15, 0.2) is 27.6 Å². The van der Waals surface area contributed by atoms with Gasteiger partial charge in [0.15, 0.2) is 0 Å². The number of halogens is 1. The zero-order valence-corrected chi connectivity index (χ0v) is 12.7. The van der Waals surface area contributed by atoms with Gasteiger partial charge in [-0.2, -0.15) is 4.31 Å². The van der Waals surface area contributed by atoms with E-state index in [2.05, 4.69) is 15.9 Å². The van der Waals surface area contributed by atoms with Crippen molar-refractivity contribution in [3.63, 3.8) is 0 Å². The Bertz CT molecular complexity index is 614. The Hall–Kier alpha value is -0.920. The Morgan fingerprint density at radius 3 is 2.68 bits per heavy atom. The third-order valence-corrected chi connectivity index (χ3v) is 5.77. The number of carboxylic acids is 1. The van der Waals surface area contributed by atoms with Gasteiger partial charge >= 0.3 is 5.97 Å². The van der Waals surface area contributed by atoms with Crippen LogP contribution in [-0.2, 0) is 14.8 Å². The molecule has 5 nitrogen and oxygen atoms in total. The Labute approximate surface area is 120 Å². The van der Waals surface area contributed by atoms with Crippen LogP contribution in [0.5, 0.6) is 0 Å². The number of aryl methyl sites for hydroxylation is 1. The van der Waals surface area contributed by atoms with Crippen LogP contribution in [0.1, 0.15) is 12.0 Å². The number of carboxylic acid groups (broad SMARTS) is 1. The van der Waals surface area contributed by atoms with Gasteiger partial charge < -0.3 is 5.11 Å². The number of benzene rings is 1. The molecular weight excluding hydrogens is 334 g/mol. The summed E-state index contributed by atoms with van der Waals surface area (Å²) in [6.45, 7) is 2.03. The molecule has 1 aliphatic heterocycles. The summed E-state index contributed by atoms with van der Waals surface area (Å²) in [4.78, 5) is 11.1. The standard InChI is InChI=1S/C12H14BrNO4S/c1-8-6-10(13)2-3-11(8)19(17,18)14-5-4-9(7-14)12(15)16/h2-3,6,9H,4-5,7H2,1H3,(H,15,16). The smallest absolute Gasteiger partial charge is 0.307 e. The third kappa shape index (κ3) is 2.82. The summed E-state index contributed by atoms with van der Waals surface area (Å²) >= 11 is 3.29. The molecular formula is C12H14BrNO4S. The topological polar surface area (TPSA) is 74.7 Å². The highest BCUT2D eigenvalue weighted by atomic mass is 79.9. The van der Waals surface area contributed by atoms with Gasteiger partial charge in [-0.25, -0.2) is 8.42 Å². The molecule has 0 spiro atoms. The number of aliphatic carboxylic acids is 1. The Kier molecular flexibility index (Phi) is 3.98. The summed E-state index contributed by atoms with van der Waals surface area (Å²) < 4.78 is 27.0. The minimum atomic E-state index is -3.60. The van der Waals surface area contributed by atoms with Crippen molar-refractivity contribution in [3.8, 4) is 0 Å². The van der Waals surface area contributed by atoms with E-state index in [1.54, 1.807) is 25.1 Å². The fraction of sp³-hybridized carbons (Fsp3) is 0.417. The van der Waals surface area contributed by atoms with Crippen LogP contribution in [0.2, 0.25) is 0 Å². The second kappa shape index (κ2) is 5.22. The van der Waals surface area contributed by atoms with Gasteiger partial charge in [-0.3, -0.25) is 4.79 Å². The molecule has 104 valence electrons. The molecule has 1 aromatic carbocycles. The minimum absolute atomic E-state index is 0.0488. The second-order valence-corrected chi connectivity index (χ2v) is 7.42. The Morgan fingerprint density at radius 2 is 2.16 bits per heavy atom. The first-order valence-electron chi connectivity index (χ1n) is 5.81. The van der Waals surface area contributed by atoms with E-state index < -0.39 is 21.9 Å². The number of carbonyl (C=O) groups is 1. The molecule has 0 amide bonds. The van der Waals surface area contributed by atoms with Crippen LogP contribution in [0.3, 0.4) is 0 Å². The molecule has 1 N–H and O–H groups in total. The Morgan fingerprint density at radius 1 is 1.47 bits per heavy atom. The number of hydrogen-bond acceptors (Lipinski definition) is 3. The first kappa shape index (κ1) is 14.5. The fourth-order valence-electron chi connectivity index (χ4n) is 2.19. The van der Waals surface area contributed by atoms with Crippen molar-refractivity contribution < 1.29 is 18.3 Å². The quantitative estimate of drug-likeness (QED) is 0.905. The fourth-order valence-corrected chi connectivity index (χ4v) is 4.37. The maximum Gasteiger partial charge on any atom is 0.307 e. The normalized spacial score (nSPS) is 20.6. The molecule has 19 heavy (non-hydrogen) atoms. The van der Waals surface area contributed by atoms with Gasteiger partial charge in [0.1, 0.15) is 0 Å². The molecule has 1 atom stereocenters. The molecule has 0 bridgehead atoms. The Balaban J connectivity index is 2.31. The van der Waals surface area contributed by atoms with Gasteiger partial charge in [0.25, 0.3) is 0 Å². The predicted molar refractivity (Wildman–Crippen MR) is 73.4 cm³/mol. The van der Waals surface area contributed by atoms with Crippen molar-refractivity contribution in [1.82, 2.24) is 4.31 Å². The van der Waals surface area contributed by atoms with Crippen molar-refractivity contribution in [2.45, 2.75) is 18.2 Å². The van der Waals surface area contributed by atoms with Gasteiger partial charge in [-0.05, 0) is 37.1 Å². The van der Waals surface area contributed by atoms with E-state index in [1.165, 1.54) is 4.31 Å². The van der Waals surface area contributed by atoms with E-state index in [1.807, 2.05) is 0 Å². The molecule has 0 aliphatic carbocycles. The van der Waals surface area contributed by atoms with Crippen molar-refractivity contribution in [2.24, 2.45) is 5.92 Å². The highest BCUT2D eigenvalue weighted by molar-refractivity contribution is 9.10. The largest absolute Gasteiger partial charge is 0.481 e. The lowest BCUT2D eigenvalue weighted by Gasteiger charge is -2.17. The number of hydrogen-bond donors (Lipinski definition) is 1. The number of rotatable bonds is 3. The summed E-state index contributed by atoms with van der Waals surface area (Å²) in [5.41, 5.74) is 0.646. The SMILES string of the molecule is Cc1cc(Br)ccc1S(=O)(=O)N1CCC(C(=O)O)C1. The van der Waals surface area contributed by atoms with Crippen molar-refractivity contribution in [2.75, 3.05) is 13.1 Å². The average molecular weight is 348 g/mol. The van der Waals surface area contributed by atoms with Gasteiger partial charge in [-0.15, -0.1) is 0 Å². The van der Waals surface area contributed by atoms with Crippen LogP contribution >= 0.6 is 15.9 Å². The zero-order valence-electron chi connectivity index (χ0n) is 10.3. The van der Waals surface area contributed by atoms with Crippen LogP contribution in [0.4, 0.5) is 0 Å². The number of sulfonamides is 1. The summed E-state index contributed by atoms with van der Waals surface area (Å²) in [6.07, 6.45) is 0.365. The summed E-state index contributed by atoms with van der Waals surface area (Å²) in [5.74, 6) is -1.55. The molecule has 1 unspecified atom stereocenters. The zero-order chi connectivity index (χ0) is 14.2. The molecule has 1 fully saturated rings. The van der Waals surface area contributed by atoms with Crippen LogP contribution in [0.25, 0.3) is 0 Å². The van der Waals surface area contributed by atoms with Crippen molar-refractivity contribution >= 4 is 31.9 Å². The highest BCUT2D eigenvalue weighted by Gasteiger charge is 2.36. The molecule has 1 saturated heterocycles. The van der Waals surface area contributed by atoms with Crippen LogP contribution < -0.4 is 0 Å². The van der Waals surface area contributed by atoms with Gasteiger partial charge in [0.2, 0.25) is 10.0 Å². The third-order valence-electron chi connectivity index (χ3n) is 3.26. The van der Waals surface area contributed by atoms with E-state index in [-0.39, 0.29) is 18.0 Å². The first-order chi connectivity index (χ1) is 8.82. The number of nitrogens with zero attached hydrogens (tertiary/aromatic N) is 1. The lowest BCUT2D eigenvalue weighted by Crippen LogP contribution is -2.30. The maximum absolute atomic E-state index is 12.5. The lowest BCUT2D eigenvalue weighted by molar-refractivity contribution is -0.141. The van der Waals surface area contributed by atoms with Gasteiger partial charge in [-0.1, -0.05) is 15.9 Å². The highest BCUT2D eigenvalue weighted by Crippen LogP contribution is 2.27. The predicted octanol–water partition coefficient (Wildman–Crippen LogP) is 1.85. The van der Waals surface area contributed by atoms with E-state index in [4.69, 9.17) is 5.11 Å². The van der Waals surface area contributed by atoms with E-state index in [0.717, 1.165) is 4.47 Å². The van der Waals surface area contributed by atoms with Crippen LogP contribution in [0, 0.1) is 12.8 Å². The molecule has 1 heterocycles. The second-order valence-electron chi connectivity index (χ2n) is 4.60. The molecule has 0 saturated carbocycles. The molecule has 2 rings (SSSR count). The minimum Gasteiger partial charge on any atom is -0.481 e. The van der Waals surface area contributed by atoms with E-state index in [0.29, 0.717) is 12.0 Å². The first-order valence-corrected chi connectivity index (χ1v) is 8.05.